The van der Waals surface area contributed by atoms with Crippen LogP contribution in [-0.4, -0.2) is 49.4 Å². The van der Waals surface area contributed by atoms with Gasteiger partial charge in [0, 0.05) is 26.1 Å². The quantitative estimate of drug-likeness (QED) is 0.407. The van der Waals surface area contributed by atoms with E-state index in [1.807, 2.05) is 36.4 Å². The van der Waals surface area contributed by atoms with E-state index in [1.54, 1.807) is 0 Å². The van der Waals surface area contributed by atoms with Crippen LogP contribution in [0.2, 0.25) is 0 Å². The summed E-state index contributed by atoms with van der Waals surface area (Å²) >= 11 is 0. The molecule has 182 valence electrons. The van der Waals surface area contributed by atoms with Crippen molar-refractivity contribution >= 4 is 18.0 Å². The van der Waals surface area contributed by atoms with Gasteiger partial charge in [0.15, 0.2) is 0 Å². The fraction of sp³-hybridized carbons (Fsp3) is 0.269. The molecule has 0 aliphatic heterocycles. The highest BCUT2D eigenvalue weighted by Crippen LogP contribution is 2.44. The number of carbonyl (C=O) groups is 3. The third kappa shape index (κ3) is 5.52. The molecule has 0 saturated carbocycles. The molecule has 3 aromatic rings. The summed E-state index contributed by atoms with van der Waals surface area (Å²) in [7, 11) is 1.50. The Morgan fingerprint density at radius 2 is 1.66 bits per heavy atom. The van der Waals surface area contributed by atoms with Gasteiger partial charge in [-0.1, -0.05) is 48.5 Å². The van der Waals surface area contributed by atoms with Crippen LogP contribution < -0.4 is 10.6 Å². The van der Waals surface area contributed by atoms with Crippen molar-refractivity contribution in [1.82, 2.24) is 10.6 Å². The molecule has 2 amide bonds. The zero-order valence-corrected chi connectivity index (χ0v) is 19.2. The molecular weight excluding hydrogens is 452 g/mol. The highest BCUT2D eigenvalue weighted by Gasteiger charge is 2.29. The Bertz CT molecular complexity index is 1170. The number of methoxy groups -OCH3 is 1. The van der Waals surface area contributed by atoms with E-state index in [2.05, 4.69) is 22.8 Å². The summed E-state index contributed by atoms with van der Waals surface area (Å²) in [5.74, 6) is -1.70. The minimum Gasteiger partial charge on any atom is -0.475 e. The van der Waals surface area contributed by atoms with Gasteiger partial charge in [-0.2, -0.15) is 0 Å². The number of carbonyl (C=O) groups excluding carboxylic acids is 2. The third-order valence-corrected chi connectivity index (χ3v) is 5.87. The van der Waals surface area contributed by atoms with Crippen molar-refractivity contribution in [3.63, 3.8) is 0 Å². The Kier molecular flexibility index (Phi) is 7.47. The molecule has 1 aromatic heterocycles. The third-order valence-electron chi connectivity index (χ3n) is 5.87. The van der Waals surface area contributed by atoms with Crippen LogP contribution in [0.5, 0.6) is 0 Å². The number of hydrogen-bond donors (Lipinski definition) is 3. The highest BCUT2D eigenvalue weighted by molar-refractivity contribution is 5.86. The summed E-state index contributed by atoms with van der Waals surface area (Å²) in [5, 5.41) is 14.2. The number of carboxylic acids is 1. The van der Waals surface area contributed by atoms with E-state index in [0.29, 0.717) is 0 Å². The topological polar surface area (TPSA) is 127 Å². The van der Waals surface area contributed by atoms with E-state index >= 15 is 0 Å². The normalized spacial score (nSPS) is 12.9. The average molecular weight is 479 g/mol. The number of carboxylic acid groups (broad SMARTS) is 1. The lowest BCUT2D eigenvalue weighted by molar-refractivity contribution is -0.123. The van der Waals surface area contributed by atoms with E-state index in [-0.39, 0.29) is 43.6 Å². The molecular formula is C26H26N2O7. The molecule has 1 atom stereocenters. The van der Waals surface area contributed by atoms with Gasteiger partial charge < -0.3 is 29.6 Å². The fourth-order valence-corrected chi connectivity index (χ4v) is 4.17. The largest absolute Gasteiger partial charge is 0.475 e. The molecule has 3 N–H and O–H groups in total. The second kappa shape index (κ2) is 10.9. The van der Waals surface area contributed by atoms with Crippen molar-refractivity contribution in [3.8, 4) is 11.1 Å². The molecule has 1 unspecified atom stereocenters. The summed E-state index contributed by atoms with van der Waals surface area (Å²) in [6.45, 7) is 0.344. The van der Waals surface area contributed by atoms with E-state index < -0.39 is 24.0 Å². The number of furan rings is 1. The molecule has 1 aliphatic rings. The first kappa shape index (κ1) is 24.0. The van der Waals surface area contributed by atoms with Crippen LogP contribution in [0.3, 0.4) is 0 Å². The van der Waals surface area contributed by atoms with Crippen molar-refractivity contribution in [2.24, 2.45) is 0 Å². The number of ether oxygens (including phenoxy) is 2. The first-order chi connectivity index (χ1) is 17.0. The maximum atomic E-state index is 12.7. The number of benzene rings is 2. The Balaban J connectivity index is 1.36. The van der Waals surface area contributed by atoms with E-state index in [4.69, 9.17) is 19.0 Å². The van der Waals surface area contributed by atoms with Crippen LogP contribution in [0.4, 0.5) is 4.79 Å². The Labute approximate surface area is 202 Å². The first-order valence-corrected chi connectivity index (χ1v) is 11.2. The molecule has 2 aromatic carbocycles. The van der Waals surface area contributed by atoms with E-state index in [0.717, 1.165) is 22.3 Å². The first-order valence-electron chi connectivity index (χ1n) is 11.2. The lowest BCUT2D eigenvalue weighted by atomic mass is 9.98. The van der Waals surface area contributed by atoms with Crippen molar-refractivity contribution < 1.29 is 33.4 Å². The lowest BCUT2D eigenvalue weighted by Gasteiger charge is -2.19. The summed E-state index contributed by atoms with van der Waals surface area (Å²) < 4.78 is 15.7. The predicted molar refractivity (Wildman–Crippen MR) is 126 cm³/mol. The van der Waals surface area contributed by atoms with Crippen molar-refractivity contribution in [3.05, 3.63) is 83.3 Å². The molecule has 0 fully saturated rings. The molecule has 1 aliphatic carbocycles. The lowest BCUT2D eigenvalue weighted by Crippen LogP contribution is -2.47. The van der Waals surface area contributed by atoms with Crippen LogP contribution in [0.15, 0.2) is 65.1 Å². The second-order valence-corrected chi connectivity index (χ2v) is 8.09. The molecule has 1 heterocycles. The zero-order valence-electron chi connectivity index (χ0n) is 19.2. The number of hydrogen-bond acceptors (Lipinski definition) is 6. The van der Waals surface area contributed by atoms with E-state index in [1.165, 1.54) is 19.2 Å². The molecule has 0 radical (unpaired) electrons. The van der Waals surface area contributed by atoms with Crippen LogP contribution in [0, 0.1) is 0 Å². The van der Waals surface area contributed by atoms with E-state index in [9.17, 15) is 14.4 Å². The molecule has 9 nitrogen and oxygen atoms in total. The molecule has 9 heteroatoms. The number of fused-ring (bicyclic) bond motifs is 3. The predicted octanol–water partition coefficient (Wildman–Crippen LogP) is 3.54. The second-order valence-electron chi connectivity index (χ2n) is 8.09. The maximum Gasteiger partial charge on any atom is 0.407 e. The van der Waals surface area contributed by atoms with Gasteiger partial charge in [0.05, 0.1) is 6.54 Å². The zero-order chi connectivity index (χ0) is 24.8. The maximum absolute atomic E-state index is 12.7. The fourth-order valence-electron chi connectivity index (χ4n) is 4.17. The SMILES string of the molecule is COCCC(NC(=O)OCC1c2ccccc2-c2ccccc21)C(=O)NCc1ccc(C(=O)O)o1. The van der Waals surface area contributed by atoms with Gasteiger partial charge in [0.1, 0.15) is 18.4 Å². The van der Waals surface area contributed by atoms with Crippen molar-refractivity contribution in [2.75, 3.05) is 20.3 Å². The van der Waals surface area contributed by atoms with Crippen molar-refractivity contribution in [1.29, 1.82) is 0 Å². The standard InChI is InChI=1S/C26H26N2O7/c1-33-13-12-22(24(29)27-14-16-10-11-23(35-16)25(30)31)28-26(32)34-15-21-19-8-4-2-6-17(19)18-7-3-5-9-20(18)21/h2-11,21-22H,12-15H2,1H3,(H,27,29)(H,28,32)(H,30,31). The number of alkyl carbamates (subject to hydrolysis) is 1. The van der Waals surface area contributed by atoms with Gasteiger partial charge in [-0.25, -0.2) is 9.59 Å². The smallest absolute Gasteiger partial charge is 0.407 e. The number of nitrogens with one attached hydrogen (secondary N) is 2. The monoisotopic (exact) mass is 478 g/mol. The summed E-state index contributed by atoms with van der Waals surface area (Å²) in [6, 6.07) is 17.9. The number of rotatable bonds is 10. The van der Waals surface area contributed by atoms with Crippen LogP contribution in [-0.2, 0) is 20.8 Å². The Morgan fingerprint density at radius 3 is 2.26 bits per heavy atom. The molecule has 4 rings (SSSR count). The Morgan fingerprint density at radius 1 is 1.00 bits per heavy atom. The van der Waals surface area contributed by atoms with Crippen LogP contribution >= 0.6 is 0 Å². The molecule has 0 bridgehead atoms. The minimum absolute atomic E-state index is 0.0258. The van der Waals surface area contributed by atoms with Crippen LogP contribution in [0.1, 0.15) is 39.8 Å². The average Bonchev–Trinajstić information content (AvgIpc) is 3.47. The highest BCUT2D eigenvalue weighted by atomic mass is 16.5. The van der Waals surface area contributed by atoms with Gasteiger partial charge in [-0.3, -0.25) is 4.79 Å². The number of amides is 2. The van der Waals surface area contributed by atoms with Gasteiger partial charge in [0.25, 0.3) is 0 Å². The minimum atomic E-state index is -1.20. The summed E-state index contributed by atoms with van der Waals surface area (Å²) in [6.07, 6.45) is -0.486. The Hall–Kier alpha value is -4.11. The number of aromatic carboxylic acids is 1. The molecule has 0 saturated heterocycles. The summed E-state index contributed by atoms with van der Waals surface area (Å²) in [5.41, 5.74) is 4.43. The van der Waals surface area contributed by atoms with Gasteiger partial charge >= 0.3 is 12.1 Å². The van der Waals surface area contributed by atoms with Crippen molar-refractivity contribution in [2.45, 2.75) is 24.9 Å². The van der Waals surface area contributed by atoms with Gasteiger partial charge in [-0.05, 0) is 34.4 Å². The summed E-state index contributed by atoms with van der Waals surface area (Å²) in [4.78, 5) is 36.2. The molecule has 35 heavy (non-hydrogen) atoms. The van der Waals surface area contributed by atoms with Gasteiger partial charge in [-0.15, -0.1) is 0 Å². The van der Waals surface area contributed by atoms with Crippen LogP contribution in [0.25, 0.3) is 11.1 Å². The molecule has 0 spiro atoms. The van der Waals surface area contributed by atoms with Gasteiger partial charge in [0.2, 0.25) is 11.7 Å².